The van der Waals surface area contributed by atoms with Crippen LogP contribution in [0.15, 0.2) is 0 Å². The van der Waals surface area contributed by atoms with Gasteiger partial charge in [-0.05, 0) is 7.05 Å². The van der Waals surface area contributed by atoms with Crippen LogP contribution in [-0.2, 0) is 19.9 Å². The van der Waals surface area contributed by atoms with Gasteiger partial charge in [-0.2, -0.15) is 0 Å². The second kappa shape index (κ2) is 13.6. The molecule has 0 aliphatic carbocycles. The number of hydrogen-bond acceptors (Lipinski definition) is 5. The Morgan fingerprint density at radius 3 is 2.19 bits per heavy atom. The molecule has 16 heavy (non-hydrogen) atoms. The molecular formula is C8H19NNa2O3S2. The fourth-order valence-electron chi connectivity index (χ4n) is 1.17. The molecule has 1 N–H and O–H groups in total. The fraction of sp³-hybridized carbons (Fsp3) is 1.00. The Morgan fingerprint density at radius 2 is 1.81 bits per heavy atom. The Bertz CT molecular complexity index is 237. The van der Waals surface area contributed by atoms with Gasteiger partial charge in [-0.15, -0.1) is 0 Å². The van der Waals surface area contributed by atoms with Gasteiger partial charge >= 0.3 is 59.1 Å². The maximum atomic E-state index is 10.5. The fourth-order valence-corrected chi connectivity index (χ4v) is 3.44. The van der Waals surface area contributed by atoms with Crippen molar-refractivity contribution in [3.63, 3.8) is 0 Å². The number of rotatable bonds is 8. The molecule has 0 aliphatic heterocycles. The van der Waals surface area contributed by atoms with E-state index in [-0.39, 0.29) is 75.3 Å². The number of thiol groups is 1. The van der Waals surface area contributed by atoms with Gasteiger partial charge in [-0.1, -0.05) is 44.4 Å². The average Bonchev–Trinajstić information content (AvgIpc) is 2.08. The smallest absolute Gasteiger partial charge is 0.766 e. The maximum Gasteiger partial charge on any atom is 1.00 e. The van der Waals surface area contributed by atoms with Crippen molar-refractivity contribution in [2.75, 3.05) is 7.05 Å². The predicted molar refractivity (Wildman–Crippen MR) is 60.1 cm³/mol. The van der Waals surface area contributed by atoms with Crippen molar-refractivity contribution < 1.29 is 72.1 Å². The van der Waals surface area contributed by atoms with Gasteiger partial charge in [0.05, 0.1) is 0 Å². The molecule has 88 valence electrons. The molecule has 1 unspecified atom stereocenters. The van der Waals surface area contributed by atoms with E-state index in [0.29, 0.717) is 0 Å². The Hall–Kier alpha value is 2.22. The second-order valence-electron chi connectivity index (χ2n) is 3.19. The van der Waals surface area contributed by atoms with Gasteiger partial charge in [0.1, 0.15) is 0 Å². The van der Waals surface area contributed by atoms with Gasteiger partial charge in [0.2, 0.25) is 0 Å². The molecule has 4 nitrogen and oxygen atoms in total. The predicted octanol–water partition coefficient (Wildman–Crippen LogP) is -5.21. The van der Waals surface area contributed by atoms with E-state index in [1.807, 2.05) is 0 Å². The Kier molecular flexibility index (Phi) is 19.9. The average molecular weight is 287 g/mol. The first-order valence-corrected chi connectivity index (χ1v) is 7.82. The van der Waals surface area contributed by atoms with Gasteiger partial charge in [-0.3, -0.25) is 8.42 Å². The van der Waals surface area contributed by atoms with E-state index in [1.54, 1.807) is 7.05 Å². The van der Waals surface area contributed by atoms with E-state index in [0.717, 1.165) is 32.1 Å². The molecule has 0 saturated heterocycles. The summed E-state index contributed by atoms with van der Waals surface area (Å²) in [7, 11) is -2.48. The van der Waals surface area contributed by atoms with Gasteiger partial charge in [0, 0.05) is 9.15 Å². The first-order valence-electron chi connectivity index (χ1n) is 4.84. The summed E-state index contributed by atoms with van der Waals surface area (Å²) in [6.07, 6.45) is 5.14. The quantitative estimate of drug-likeness (QED) is 0.121. The molecule has 0 spiro atoms. The Morgan fingerprint density at radius 1 is 1.25 bits per heavy atom. The van der Waals surface area contributed by atoms with Crippen LogP contribution in [0, 0.1) is 0 Å². The summed E-state index contributed by atoms with van der Waals surface area (Å²) in [5, 5.41) is 2.63. The van der Waals surface area contributed by atoms with Crippen LogP contribution < -0.4 is 64.4 Å². The molecule has 0 aromatic rings. The van der Waals surface area contributed by atoms with Crippen LogP contribution in [0.4, 0.5) is 0 Å². The monoisotopic (exact) mass is 287 g/mol. The van der Waals surface area contributed by atoms with E-state index in [9.17, 15) is 13.0 Å². The topological polar surface area (TPSA) is 69.2 Å². The van der Waals surface area contributed by atoms with Crippen molar-refractivity contribution >= 4 is 19.9 Å². The summed E-state index contributed by atoms with van der Waals surface area (Å²) >= 11 is 0. The van der Waals surface area contributed by atoms with Gasteiger partial charge in [0.25, 0.3) is 0 Å². The van der Waals surface area contributed by atoms with Crippen molar-refractivity contribution in [3.05, 3.63) is 0 Å². The van der Waals surface area contributed by atoms with Gasteiger partial charge in [-0.25, -0.2) is 0 Å². The Labute approximate surface area is 147 Å². The normalized spacial score (nSPS) is 12.7. The molecule has 0 heterocycles. The Balaban J connectivity index is -0.000000845. The van der Waals surface area contributed by atoms with E-state index in [4.69, 9.17) is 0 Å². The zero-order chi connectivity index (χ0) is 11.0. The van der Waals surface area contributed by atoms with Gasteiger partial charge < -0.3 is 20.7 Å². The van der Waals surface area contributed by atoms with Crippen molar-refractivity contribution in [2.45, 2.75) is 44.4 Å². The summed E-state index contributed by atoms with van der Waals surface area (Å²) in [6, 6.07) is 0. The minimum absolute atomic E-state index is 0. The number of hydrogen-bond donors (Lipinski definition) is 1. The molecule has 0 radical (unpaired) electrons. The van der Waals surface area contributed by atoms with Crippen molar-refractivity contribution in [3.8, 4) is 0 Å². The molecule has 0 rings (SSSR count). The number of unbranched alkanes of at least 4 members (excludes halogenated alkanes) is 3. The van der Waals surface area contributed by atoms with Crippen LogP contribution in [-0.4, -0.2) is 25.4 Å². The summed E-state index contributed by atoms with van der Waals surface area (Å²) < 4.78 is 31.4. The summed E-state index contributed by atoms with van der Waals surface area (Å²) in [6.45, 7) is 2.12. The van der Waals surface area contributed by atoms with Gasteiger partial charge in [0.15, 0.2) is 0 Å². The van der Waals surface area contributed by atoms with Crippen molar-refractivity contribution in [2.24, 2.45) is 0 Å². The molecule has 0 fully saturated rings. The molecule has 0 aliphatic rings. The minimum Gasteiger partial charge on any atom is -0.766 e. The third kappa shape index (κ3) is 16.2. The molecule has 1 atom stereocenters. The van der Waals surface area contributed by atoms with Crippen LogP contribution in [0.2, 0.25) is 0 Å². The van der Waals surface area contributed by atoms with Crippen LogP contribution in [0.1, 0.15) is 39.0 Å². The van der Waals surface area contributed by atoms with E-state index < -0.39 is 9.15 Å². The van der Waals surface area contributed by atoms with Crippen molar-refractivity contribution in [1.29, 1.82) is 0 Å². The molecule has 0 bridgehead atoms. The molecule has 0 amide bonds. The van der Waals surface area contributed by atoms with E-state index >= 15 is 0 Å². The number of nitrogens with one attached hydrogen (secondary N) is 1. The third-order valence-electron chi connectivity index (χ3n) is 1.92. The van der Waals surface area contributed by atoms with Crippen molar-refractivity contribution in [1.82, 2.24) is 5.32 Å². The molecule has 0 saturated carbocycles. The third-order valence-corrected chi connectivity index (χ3v) is 4.49. The molecule has 0 aromatic carbocycles. The molecule has 8 heteroatoms. The zero-order valence-electron chi connectivity index (χ0n) is 10.7. The maximum absolute atomic E-state index is 10.5. The van der Waals surface area contributed by atoms with E-state index in [2.05, 4.69) is 12.2 Å². The summed E-state index contributed by atoms with van der Waals surface area (Å²) in [5.74, 6) is 0. The largest absolute Gasteiger partial charge is 1.00 e. The minimum atomic E-state index is -4.12. The zero-order valence-corrected chi connectivity index (χ0v) is 16.4. The van der Waals surface area contributed by atoms with Crippen LogP contribution in [0.3, 0.4) is 0 Å². The standard InChI is InChI=1S/C8H20NO3S2.2Na/c1-3-4-5-6-7-8(9-2)13-14(10,11)12;;/h8-9,13H,3-7H2,1-2H3,(H,10,11,12);;/q-1;2*+1/p-1. The van der Waals surface area contributed by atoms with Crippen LogP contribution in [0.5, 0.6) is 0 Å². The summed E-state index contributed by atoms with van der Waals surface area (Å²) in [4.78, 5) is 0. The SMILES string of the molecule is CCCCCCC(NC)[SH-]S(=O)(=O)[O-].[Na+].[Na+]. The first-order chi connectivity index (χ1) is 6.49. The van der Waals surface area contributed by atoms with E-state index in [1.165, 1.54) is 0 Å². The van der Waals surface area contributed by atoms with Crippen LogP contribution >= 0.6 is 0 Å². The first kappa shape index (κ1) is 23.3. The summed E-state index contributed by atoms with van der Waals surface area (Å²) in [5.41, 5.74) is 0. The molecular weight excluding hydrogens is 268 g/mol. The van der Waals surface area contributed by atoms with Crippen LogP contribution in [0.25, 0.3) is 0 Å². The molecule has 0 aromatic heterocycles. The second-order valence-corrected chi connectivity index (χ2v) is 6.85.